The number of hydrogen-bond donors (Lipinski definition) is 1. The van der Waals surface area contributed by atoms with E-state index in [1.54, 1.807) is 6.20 Å². The molecule has 4 rings (SSSR count). The average Bonchev–Trinajstić information content (AvgIpc) is 2.94. The lowest BCUT2D eigenvalue weighted by atomic mass is 9.66. The van der Waals surface area contributed by atoms with Crippen LogP contribution in [0.1, 0.15) is 32.1 Å². The van der Waals surface area contributed by atoms with Crippen LogP contribution in [-0.4, -0.2) is 39.7 Å². The van der Waals surface area contributed by atoms with Crippen LogP contribution in [0.2, 0.25) is 0 Å². The fourth-order valence-corrected chi connectivity index (χ4v) is 4.08. The molecule has 0 bridgehead atoms. The van der Waals surface area contributed by atoms with Crippen molar-refractivity contribution >= 4 is 21.8 Å². The maximum atomic E-state index is 12.9. The maximum Gasteiger partial charge on any atom is 0.250 e. The topological polar surface area (TPSA) is 64.2 Å². The number of likely N-dealkylation sites (tertiary alicyclic amines) is 1. The van der Waals surface area contributed by atoms with Crippen molar-refractivity contribution in [2.24, 2.45) is 11.1 Å². The first kappa shape index (κ1) is 12.8. The first-order valence-electron chi connectivity index (χ1n) is 7.31. The van der Waals surface area contributed by atoms with Crippen LogP contribution < -0.4 is 5.73 Å². The quantitative estimate of drug-likeness (QED) is 0.888. The van der Waals surface area contributed by atoms with Crippen LogP contribution in [0.15, 0.2) is 16.9 Å². The van der Waals surface area contributed by atoms with Gasteiger partial charge in [-0.3, -0.25) is 9.48 Å². The monoisotopic (exact) mass is 338 g/mol. The Balaban J connectivity index is 1.56. The predicted octanol–water partition coefficient (Wildman–Crippen LogP) is 1.47. The molecule has 1 spiro atoms. The summed E-state index contributed by atoms with van der Waals surface area (Å²) in [5, 5.41) is 4.32. The number of hydrogen-bond acceptors (Lipinski definition) is 3. The second kappa shape index (κ2) is 4.07. The molecule has 1 amide bonds. The summed E-state index contributed by atoms with van der Waals surface area (Å²) in [7, 11) is 0. The first-order chi connectivity index (χ1) is 9.56. The highest BCUT2D eigenvalue weighted by Gasteiger charge is 2.58. The Kier molecular flexibility index (Phi) is 2.61. The van der Waals surface area contributed by atoms with Crippen LogP contribution in [-0.2, 0) is 10.3 Å². The molecule has 1 unspecified atom stereocenters. The lowest BCUT2D eigenvalue weighted by Crippen LogP contribution is -2.45. The lowest BCUT2D eigenvalue weighted by Gasteiger charge is -2.41. The largest absolute Gasteiger partial charge is 0.338 e. The van der Waals surface area contributed by atoms with Crippen molar-refractivity contribution in [2.75, 3.05) is 13.1 Å². The fourth-order valence-electron chi connectivity index (χ4n) is 3.80. The molecule has 2 aliphatic carbocycles. The molecule has 0 radical (unpaired) electrons. The van der Waals surface area contributed by atoms with Gasteiger partial charge in [0.15, 0.2) is 0 Å². The van der Waals surface area contributed by atoms with Gasteiger partial charge < -0.3 is 10.6 Å². The minimum absolute atomic E-state index is 0.153. The van der Waals surface area contributed by atoms with Gasteiger partial charge >= 0.3 is 0 Å². The van der Waals surface area contributed by atoms with Crippen LogP contribution in [0, 0.1) is 5.41 Å². The van der Waals surface area contributed by atoms with Gasteiger partial charge in [-0.15, -0.1) is 0 Å². The first-order valence-corrected chi connectivity index (χ1v) is 8.11. The maximum absolute atomic E-state index is 12.9. The summed E-state index contributed by atoms with van der Waals surface area (Å²) in [4.78, 5) is 14.9. The average molecular weight is 339 g/mol. The van der Waals surface area contributed by atoms with Gasteiger partial charge in [0, 0.05) is 30.7 Å². The predicted molar refractivity (Wildman–Crippen MR) is 78.0 cm³/mol. The number of amides is 1. The van der Waals surface area contributed by atoms with E-state index >= 15 is 0 Å². The molecule has 0 aromatic carbocycles. The highest BCUT2D eigenvalue weighted by Crippen LogP contribution is 2.50. The number of halogens is 1. The molecule has 1 aliphatic heterocycles. The van der Waals surface area contributed by atoms with Gasteiger partial charge in [0.2, 0.25) is 0 Å². The van der Waals surface area contributed by atoms with E-state index in [9.17, 15) is 4.79 Å². The third kappa shape index (κ3) is 1.64. The van der Waals surface area contributed by atoms with E-state index in [1.807, 2.05) is 15.8 Å². The Morgan fingerprint density at radius 1 is 1.40 bits per heavy atom. The molecule has 3 fully saturated rings. The van der Waals surface area contributed by atoms with E-state index in [2.05, 4.69) is 21.0 Å². The van der Waals surface area contributed by atoms with E-state index in [-0.39, 0.29) is 17.4 Å². The Morgan fingerprint density at radius 3 is 2.60 bits per heavy atom. The van der Waals surface area contributed by atoms with Gasteiger partial charge in [0.1, 0.15) is 5.54 Å². The van der Waals surface area contributed by atoms with Gasteiger partial charge in [0.05, 0.1) is 10.7 Å². The normalized spacial score (nSPS) is 29.5. The standard InChI is InChI=1S/C14H19BrN4O/c15-10-6-17-19(7-10)14(4-5-14)12(20)18-8-11(16)13(9-18)2-1-3-13/h6-7,11H,1-5,8-9,16H2. The summed E-state index contributed by atoms with van der Waals surface area (Å²) in [5.74, 6) is 0.215. The van der Waals surface area contributed by atoms with Crippen molar-refractivity contribution in [3.05, 3.63) is 16.9 Å². The van der Waals surface area contributed by atoms with Gasteiger partial charge in [-0.2, -0.15) is 5.10 Å². The molecule has 2 heterocycles. The zero-order valence-corrected chi connectivity index (χ0v) is 13.0. The number of nitrogens with two attached hydrogens (primary N) is 1. The molecule has 1 aromatic heterocycles. The minimum Gasteiger partial charge on any atom is -0.338 e. The molecule has 20 heavy (non-hydrogen) atoms. The van der Waals surface area contributed by atoms with Crippen LogP contribution >= 0.6 is 15.9 Å². The molecule has 2 saturated carbocycles. The van der Waals surface area contributed by atoms with Crippen molar-refractivity contribution < 1.29 is 4.79 Å². The lowest BCUT2D eigenvalue weighted by molar-refractivity contribution is -0.136. The van der Waals surface area contributed by atoms with Crippen molar-refractivity contribution in [1.82, 2.24) is 14.7 Å². The summed E-state index contributed by atoms with van der Waals surface area (Å²) >= 11 is 3.40. The molecule has 6 heteroatoms. The fraction of sp³-hybridized carbons (Fsp3) is 0.714. The van der Waals surface area contributed by atoms with Crippen molar-refractivity contribution in [3.8, 4) is 0 Å². The summed E-state index contributed by atoms with van der Waals surface area (Å²) in [6.07, 6.45) is 9.04. The van der Waals surface area contributed by atoms with Gasteiger partial charge in [-0.25, -0.2) is 0 Å². The Labute approximate surface area is 126 Å². The molecule has 3 aliphatic rings. The minimum atomic E-state index is -0.430. The van der Waals surface area contributed by atoms with Crippen molar-refractivity contribution in [2.45, 2.75) is 43.7 Å². The summed E-state index contributed by atoms with van der Waals surface area (Å²) in [5.41, 5.74) is 6.08. The molecule has 1 saturated heterocycles. The molecule has 1 atom stereocenters. The van der Waals surface area contributed by atoms with Gasteiger partial charge in [-0.1, -0.05) is 6.42 Å². The van der Waals surface area contributed by atoms with E-state index in [1.165, 1.54) is 19.3 Å². The van der Waals surface area contributed by atoms with Gasteiger partial charge in [-0.05, 0) is 41.6 Å². The second-order valence-corrected chi connectivity index (χ2v) is 7.56. The molecular weight excluding hydrogens is 320 g/mol. The molecule has 5 nitrogen and oxygen atoms in total. The third-order valence-electron chi connectivity index (χ3n) is 5.46. The number of carbonyl (C=O) groups is 1. The summed E-state index contributed by atoms with van der Waals surface area (Å²) in [6.45, 7) is 1.56. The SMILES string of the molecule is NC1CN(C(=O)C2(n3cc(Br)cn3)CC2)CC12CCC2. The molecule has 2 N–H and O–H groups in total. The Bertz CT molecular complexity index is 561. The number of carbonyl (C=O) groups excluding carboxylic acids is 1. The van der Waals surface area contributed by atoms with E-state index in [0.717, 1.165) is 23.9 Å². The van der Waals surface area contributed by atoms with Crippen molar-refractivity contribution in [1.29, 1.82) is 0 Å². The third-order valence-corrected chi connectivity index (χ3v) is 5.87. The van der Waals surface area contributed by atoms with Crippen LogP contribution in [0.4, 0.5) is 0 Å². The zero-order valence-electron chi connectivity index (χ0n) is 11.4. The Morgan fingerprint density at radius 2 is 2.15 bits per heavy atom. The summed E-state index contributed by atoms with van der Waals surface area (Å²) < 4.78 is 2.75. The van der Waals surface area contributed by atoms with Gasteiger partial charge in [0.25, 0.3) is 5.91 Å². The van der Waals surface area contributed by atoms with Crippen LogP contribution in [0.25, 0.3) is 0 Å². The van der Waals surface area contributed by atoms with Crippen LogP contribution in [0.5, 0.6) is 0 Å². The summed E-state index contributed by atoms with van der Waals surface area (Å²) in [6, 6.07) is 0.153. The smallest absolute Gasteiger partial charge is 0.250 e. The highest BCUT2D eigenvalue weighted by atomic mass is 79.9. The molecular formula is C14H19BrN4O. The molecule has 108 valence electrons. The number of nitrogens with zero attached hydrogens (tertiary/aromatic N) is 3. The van der Waals surface area contributed by atoms with E-state index in [4.69, 9.17) is 5.73 Å². The highest BCUT2D eigenvalue weighted by molar-refractivity contribution is 9.10. The Hall–Kier alpha value is -0.880. The van der Waals surface area contributed by atoms with Crippen molar-refractivity contribution in [3.63, 3.8) is 0 Å². The molecule has 1 aromatic rings. The number of aromatic nitrogens is 2. The van der Waals surface area contributed by atoms with Crippen LogP contribution in [0.3, 0.4) is 0 Å². The zero-order chi connectivity index (χ0) is 14.0. The van der Waals surface area contributed by atoms with E-state index < -0.39 is 5.54 Å². The second-order valence-electron chi connectivity index (χ2n) is 6.64. The number of rotatable bonds is 2. The van der Waals surface area contributed by atoms with E-state index in [0.29, 0.717) is 6.54 Å².